The Morgan fingerprint density at radius 2 is 2.00 bits per heavy atom. The quantitative estimate of drug-likeness (QED) is 0.345. The summed E-state index contributed by atoms with van der Waals surface area (Å²) in [6.45, 7) is 3.43. The van der Waals surface area contributed by atoms with Crippen LogP contribution in [0.4, 0.5) is 0 Å². The van der Waals surface area contributed by atoms with Crippen LogP contribution >= 0.6 is 0 Å². The summed E-state index contributed by atoms with van der Waals surface area (Å²) in [5.41, 5.74) is 7.07. The zero-order chi connectivity index (χ0) is 8.15. The van der Waals surface area contributed by atoms with Crippen LogP contribution in [0.5, 0.6) is 0 Å². The molecule has 0 bridgehead atoms. The molecule has 0 aliphatic rings. The van der Waals surface area contributed by atoms with Gasteiger partial charge in [0.05, 0.1) is 5.57 Å². The molecule has 0 aromatic rings. The predicted octanol–water partition coefficient (Wildman–Crippen LogP) is 0.509. The number of aldehydes is 1. The Hall–Kier alpha value is -1.12. The number of nitrogens with zero attached hydrogens (tertiary/aromatic N) is 1. The normalized spacial score (nSPS) is 14.5. The first-order valence-electron chi connectivity index (χ1n) is 2.98. The lowest BCUT2D eigenvalue weighted by atomic mass is 10.1. The summed E-state index contributed by atoms with van der Waals surface area (Å²) < 4.78 is 0. The van der Waals surface area contributed by atoms with Crippen LogP contribution in [0, 0.1) is 0 Å². The second-order valence-corrected chi connectivity index (χ2v) is 2.02. The Morgan fingerprint density at radius 1 is 1.50 bits per heavy atom. The van der Waals surface area contributed by atoms with E-state index in [-0.39, 0.29) is 0 Å². The second-order valence-electron chi connectivity index (χ2n) is 2.02. The Kier molecular flexibility index (Phi) is 3.39. The molecule has 0 aromatic heterocycles. The minimum Gasteiger partial charge on any atom is -0.402 e. The average Bonchev–Trinajstić information content (AvgIpc) is 1.88. The van der Waals surface area contributed by atoms with Crippen molar-refractivity contribution in [1.29, 1.82) is 0 Å². The molecule has 0 aliphatic heterocycles. The van der Waals surface area contributed by atoms with E-state index in [1.807, 2.05) is 0 Å². The van der Waals surface area contributed by atoms with Gasteiger partial charge < -0.3 is 5.73 Å². The van der Waals surface area contributed by atoms with Crippen molar-refractivity contribution in [3.05, 3.63) is 11.3 Å². The van der Waals surface area contributed by atoms with Crippen molar-refractivity contribution in [1.82, 2.24) is 0 Å². The highest BCUT2D eigenvalue weighted by Crippen LogP contribution is 1.97. The summed E-state index contributed by atoms with van der Waals surface area (Å²) >= 11 is 0. The second kappa shape index (κ2) is 3.82. The molecule has 2 N–H and O–H groups in total. The van der Waals surface area contributed by atoms with Crippen molar-refractivity contribution in [3.63, 3.8) is 0 Å². The van der Waals surface area contributed by atoms with Gasteiger partial charge in [0.15, 0.2) is 6.29 Å². The van der Waals surface area contributed by atoms with Crippen molar-refractivity contribution < 1.29 is 4.79 Å². The molecule has 0 aliphatic carbocycles. The van der Waals surface area contributed by atoms with Gasteiger partial charge in [0, 0.05) is 18.5 Å². The highest BCUT2D eigenvalue weighted by atomic mass is 16.1. The highest BCUT2D eigenvalue weighted by molar-refractivity contribution is 6.13. The average molecular weight is 140 g/mol. The molecule has 0 amide bonds. The largest absolute Gasteiger partial charge is 0.402 e. The van der Waals surface area contributed by atoms with Crippen LogP contribution in [0.25, 0.3) is 0 Å². The molecule has 0 atom stereocenters. The molecule has 3 heteroatoms. The molecule has 0 heterocycles. The summed E-state index contributed by atoms with van der Waals surface area (Å²) in [4.78, 5) is 14.2. The minimum atomic E-state index is 0.488. The molecule has 0 saturated carbocycles. The summed E-state index contributed by atoms with van der Waals surface area (Å²) in [6.07, 6.45) is 0.720. The third-order valence-corrected chi connectivity index (χ3v) is 1.27. The predicted molar refractivity (Wildman–Crippen MR) is 42.0 cm³/mol. The van der Waals surface area contributed by atoms with E-state index < -0.39 is 0 Å². The van der Waals surface area contributed by atoms with Gasteiger partial charge in [-0.3, -0.25) is 9.79 Å². The van der Waals surface area contributed by atoms with Crippen LogP contribution in [0.3, 0.4) is 0 Å². The van der Waals surface area contributed by atoms with E-state index in [0.717, 1.165) is 6.29 Å². The molecule has 0 saturated heterocycles. The van der Waals surface area contributed by atoms with E-state index in [1.54, 1.807) is 20.9 Å². The van der Waals surface area contributed by atoms with E-state index in [0.29, 0.717) is 17.0 Å². The minimum absolute atomic E-state index is 0.488. The van der Waals surface area contributed by atoms with Gasteiger partial charge in [0.25, 0.3) is 0 Å². The van der Waals surface area contributed by atoms with Crippen molar-refractivity contribution in [2.45, 2.75) is 13.8 Å². The fraction of sp³-hybridized carbons (Fsp3) is 0.429. The first kappa shape index (κ1) is 8.88. The SMILES string of the molecule is CN=C(C)C(C=O)=C(C)N. The van der Waals surface area contributed by atoms with Crippen LogP contribution in [0.15, 0.2) is 16.3 Å². The van der Waals surface area contributed by atoms with Gasteiger partial charge in [-0.05, 0) is 13.8 Å². The van der Waals surface area contributed by atoms with Gasteiger partial charge in [0.1, 0.15) is 0 Å². The number of rotatable bonds is 2. The first-order chi connectivity index (χ1) is 4.63. The Morgan fingerprint density at radius 3 is 2.10 bits per heavy atom. The number of carbonyl (C=O) groups excluding carboxylic acids is 1. The number of hydrogen-bond acceptors (Lipinski definition) is 3. The third-order valence-electron chi connectivity index (χ3n) is 1.27. The smallest absolute Gasteiger partial charge is 0.153 e. The standard InChI is InChI=1S/C7H12N2O/c1-5(8)7(4-10)6(2)9-3/h4H,8H2,1-3H3. The van der Waals surface area contributed by atoms with Gasteiger partial charge in [-0.2, -0.15) is 0 Å². The van der Waals surface area contributed by atoms with Crippen molar-refractivity contribution in [3.8, 4) is 0 Å². The van der Waals surface area contributed by atoms with Crippen molar-refractivity contribution in [2.24, 2.45) is 10.7 Å². The molecule has 0 spiro atoms. The van der Waals surface area contributed by atoms with E-state index in [4.69, 9.17) is 5.73 Å². The molecule has 10 heavy (non-hydrogen) atoms. The maximum Gasteiger partial charge on any atom is 0.153 e. The number of nitrogens with two attached hydrogens (primary N) is 1. The fourth-order valence-electron chi connectivity index (χ4n) is 0.584. The number of aliphatic imine (C=N–C) groups is 1. The zero-order valence-electron chi connectivity index (χ0n) is 6.51. The molecular formula is C7H12N2O. The van der Waals surface area contributed by atoms with Gasteiger partial charge in [-0.15, -0.1) is 0 Å². The number of carbonyl (C=O) groups is 1. The van der Waals surface area contributed by atoms with Crippen LogP contribution in [-0.2, 0) is 4.79 Å². The van der Waals surface area contributed by atoms with E-state index in [1.165, 1.54) is 0 Å². The summed E-state index contributed by atoms with van der Waals surface area (Å²) in [7, 11) is 1.63. The van der Waals surface area contributed by atoms with Crippen LogP contribution in [-0.4, -0.2) is 19.0 Å². The van der Waals surface area contributed by atoms with Crippen molar-refractivity contribution >= 4 is 12.0 Å². The molecule has 56 valence electrons. The van der Waals surface area contributed by atoms with E-state index >= 15 is 0 Å². The van der Waals surface area contributed by atoms with Gasteiger partial charge in [-0.25, -0.2) is 0 Å². The summed E-state index contributed by atoms with van der Waals surface area (Å²) in [6, 6.07) is 0. The van der Waals surface area contributed by atoms with Crippen molar-refractivity contribution in [2.75, 3.05) is 7.05 Å². The lowest BCUT2D eigenvalue weighted by molar-refractivity contribution is -0.104. The Labute approximate surface area is 60.6 Å². The molecule has 0 unspecified atom stereocenters. The lowest BCUT2D eigenvalue weighted by Gasteiger charge is -1.98. The topological polar surface area (TPSA) is 55.5 Å². The van der Waals surface area contributed by atoms with Gasteiger partial charge >= 0.3 is 0 Å². The first-order valence-corrected chi connectivity index (χ1v) is 2.98. The molecule has 0 aromatic carbocycles. The monoisotopic (exact) mass is 140 g/mol. The van der Waals surface area contributed by atoms with Gasteiger partial charge in [0.2, 0.25) is 0 Å². The molecular weight excluding hydrogens is 128 g/mol. The maximum absolute atomic E-state index is 10.3. The Bertz CT molecular complexity index is 188. The van der Waals surface area contributed by atoms with Crippen LogP contribution in [0.2, 0.25) is 0 Å². The highest BCUT2D eigenvalue weighted by Gasteiger charge is 2.00. The fourth-order valence-corrected chi connectivity index (χ4v) is 0.584. The lowest BCUT2D eigenvalue weighted by Crippen LogP contribution is -2.07. The zero-order valence-corrected chi connectivity index (χ0v) is 6.51. The van der Waals surface area contributed by atoms with Crippen LogP contribution in [0.1, 0.15) is 13.8 Å². The molecule has 3 nitrogen and oxygen atoms in total. The maximum atomic E-state index is 10.3. The van der Waals surface area contributed by atoms with Gasteiger partial charge in [-0.1, -0.05) is 0 Å². The Balaban J connectivity index is 4.71. The van der Waals surface area contributed by atoms with E-state index in [9.17, 15) is 4.79 Å². The third kappa shape index (κ3) is 2.01. The van der Waals surface area contributed by atoms with Crippen LogP contribution < -0.4 is 5.73 Å². The number of hydrogen-bond donors (Lipinski definition) is 1. The molecule has 0 fully saturated rings. The molecule has 0 rings (SSSR count). The molecule has 0 radical (unpaired) electrons. The summed E-state index contributed by atoms with van der Waals surface area (Å²) in [5, 5.41) is 0. The number of allylic oxidation sites excluding steroid dienone is 2. The van der Waals surface area contributed by atoms with E-state index in [2.05, 4.69) is 4.99 Å². The summed E-state index contributed by atoms with van der Waals surface area (Å²) in [5.74, 6) is 0.